The zero-order valence-electron chi connectivity index (χ0n) is 14.8. The molecule has 0 aliphatic carbocycles. The molecule has 0 aromatic heterocycles. The van der Waals surface area contributed by atoms with Crippen molar-refractivity contribution >= 4 is 11.8 Å². The smallest absolute Gasteiger partial charge is 0.334 e. The van der Waals surface area contributed by atoms with Crippen molar-refractivity contribution in [2.75, 3.05) is 0 Å². The van der Waals surface area contributed by atoms with Crippen molar-refractivity contribution in [3.05, 3.63) is 34.9 Å². The normalized spacial score (nSPS) is 31.6. The molecule has 0 fully saturated rings. The van der Waals surface area contributed by atoms with Crippen molar-refractivity contribution in [1.29, 1.82) is 0 Å². The molecule has 0 saturated heterocycles. The lowest BCUT2D eigenvalue weighted by Crippen LogP contribution is -2.39. The van der Waals surface area contributed by atoms with Crippen molar-refractivity contribution in [2.24, 2.45) is 5.92 Å². The van der Waals surface area contributed by atoms with Gasteiger partial charge in [0.05, 0.1) is 0 Å². The summed E-state index contributed by atoms with van der Waals surface area (Å²) in [6.45, 7) is 8.17. The van der Waals surface area contributed by atoms with Crippen LogP contribution in [0.2, 0.25) is 0 Å². The molecule has 0 aromatic rings. The lowest BCUT2D eigenvalue weighted by molar-refractivity contribution is -0.162. The molecule has 2 heterocycles. The highest BCUT2D eigenvalue weighted by molar-refractivity contribution is 5.94. The van der Waals surface area contributed by atoms with E-state index < -0.39 is 5.60 Å². The van der Waals surface area contributed by atoms with E-state index in [0.717, 1.165) is 12.8 Å². The molecule has 1 atom stereocenters. The Morgan fingerprint density at radius 3 is 2.52 bits per heavy atom. The van der Waals surface area contributed by atoms with Crippen molar-refractivity contribution in [1.82, 2.24) is 0 Å². The van der Waals surface area contributed by atoms with Gasteiger partial charge in [-0.25, -0.2) is 4.79 Å². The largest absolute Gasteiger partial charge is 0.448 e. The fraction of sp³-hybridized carbons (Fsp3) is 0.600. The number of ketones is 1. The van der Waals surface area contributed by atoms with Gasteiger partial charge in [0.15, 0.2) is 11.4 Å². The van der Waals surface area contributed by atoms with Crippen LogP contribution in [0.15, 0.2) is 34.9 Å². The van der Waals surface area contributed by atoms with Gasteiger partial charge in [-0.05, 0) is 51.9 Å². The first kappa shape index (κ1) is 17.7. The number of ether oxygens (including phenoxy) is 1. The van der Waals surface area contributed by atoms with E-state index in [9.17, 15) is 9.59 Å². The first-order chi connectivity index (χ1) is 10.8. The van der Waals surface area contributed by atoms with Crippen LogP contribution in [0.25, 0.3) is 0 Å². The van der Waals surface area contributed by atoms with E-state index in [0.29, 0.717) is 37.2 Å². The van der Waals surface area contributed by atoms with E-state index in [2.05, 4.69) is 32.9 Å². The minimum Gasteiger partial charge on any atom is -0.448 e. The fourth-order valence-corrected chi connectivity index (χ4v) is 3.08. The summed E-state index contributed by atoms with van der Waals surface area (Å²) in [6, 6.07) is 0. The minimum absolute atomic E-state index is 0.0283. The highest BCUT2D eigenvalue weighted by atomic mass is 16.6. The molecule has 0 unspecified atom stereocenters. The molecule has 2 aliphatic rings. The first-order valence-corrected chi connectivity index (χ1v) is 8.64. The summed E-state index contributed by atoms with van der Waals surface area (Å²) in [7, 11) is 0. The average molecular weight is 316 g/mol. The minimum atomic E-state index is -0.974. The van der Waals surface area contributed by atoms with Crippen LogP contribution in [0.5, 0.6) is 0 Å². The molecule has 3 nitrogen and oxygen atoms in total. The second kappa shape index (κ2) is 7.29. The highest BCUT2D eigenvalue weighted by Gasteiger charge is 2.38. The average Bonchev–Trinajstić information content (AvgIpc) is 2.62. The standard InChI is InChI=1S/C20H28O3/c1-14(2)16-9-7-15(3)8-12-18(21)20(4)13-5-6-17(11-10-16)19(22)23-20/h6-7,9,14H,5,8,10-13H2,1-4H3/b15-7+,16-9+/t20-/m1/s1. The van der Waals surface area contributed by atoms with E-state index >= 15 is 0 Å². The maximum atomic E-state index is 12.6. The molecule has 126 valence electrons. The Morgan fingerprint density at radius 2 is 1.83 bits per heavy atom. The van der Waals surface area contributed by atoms with Crippen molar-refractivity contribution < 1.29 is 14.3 Å². The summed E-state index contributed by atoms with van der Waals surface area (Å²) < 4.78 is 5.62. The second-order valence-electron chi connectivity index (χ2n) is 7.22. The third kappa shape index (κ3) is 4.43. The van der Waals surface area contributed by atoms with Crippen LogP contribution in [0.4, 0.5) is 0 Å². The van der Waals surface area contributed by atoms with Gasteiger partial charge in [-0.15, -0.1) is 0 Å². The van der Waals surface area contributed by atoms with Crippen LogP contribution in [0, 0.1) is 5.92 Å². The predicted molar refractivity (Wildman–Crippen MR) is 92.0 cm³/mol. The van der Waals surface area contributed by atoms with Gasteiger partial charge in [0.25, 0.3) is 0 Å². The zero-order chi connectivity index (χ0) is 17.0. The van der Waals surface area contributed by atoms with E-state index in [4.69, 9.17) is 4.74 Å². The molecule has 2 aliphatic heterocycles. The Hall–Kier alpha value is -1.64. The van der Waals surface area contributed by atoms with E-state index in [-0.39, 0.29) is 11.8 Å². The molecule has 23 heavy (non-hydrogen) atoms. The molecule has 0 spiro atoms. The van der Waals surface area contributed by atoms with Gasteiger partial charge in [-0.3, -0.25) is 4.79 Å². The number of esters is 1. The molecular weight excluding hydrogens is 288 g/mol. The van der Waals surface area contributed by atoms with Crippen molar-refractivity contribution in [3.63, 3.8) is 0 Å². The Labute approximate surface area is 139 Å². The summed E-state index contributed by atoms with van der Waals surface area (Å²) in [4.78, 5) is 25.0. The van der Waals surface area contributed by atoms with Gasteiger partial charge >= 0.3 is 5.97 Å². The van der Waals surface area contributed by atoms with Crippen LogP contribution in [0.3, 0.4) is 0 Å². The quantitative estimate of drug-likeness (QED) is 0.660. The van der Waals surface area contributed by atoms with Gasteiger partial charge in [0, 0.05) is 12.0 Å². The third-order valence-electron chi connectivity index (χ3n) is 4.94. The van der Waals surface area contributed by atoms with Crippen LogP contribution in [-0.2, 0) is 14.3 Å². The number of Topliss-reactive ketones (excluding diaryl/α,β-unsaturated/α-hetero) is 1. The Kier molecular flexibility index (Phi) is 5.61. The molecule has 0 saturated carbocycles. The van der Waals surface area contributed by atoms with Crippen LogP contribution < -0.4 is 0 Å². The topological polar surface area (TPSA) is 43.4 Å². The Morgan fingerprint density at radius 1 is 1.09 bits per heavy atom. The van der Waals surface area contributed by atoms with Crippen molar-refractivity contribution in [3.8, 4) is 0 Å². The first-order valence-electron chi connectivity index (χ1n) is 8.64. The third-order valence-corrected chi connectivity index (χ3v) is 4.94. The molecule has 2 bridgehead atoms. The SMILES string of the molecule is C/C1=C\C=C(\C(C)C)CCC2=CCC[C@@](C)(OC2=O)C(=O)CC1. The maximum Gasteiger partial charge on any atom is 0.334 e. The van der Waals surface area contributed by atoms with E-state index in [1.54, 1.807) is 6.92 Å². The number of hydrogen-bond acceptors (Lipinski definition) is 3. The lowest BCUT2D eigenvalue weighted by Gasteiger charge is -2.26. The van der Waals surface area contributed by atoms with Crippen LogP contribution >= 0.6 is 0 Å². The van der Waals surface area contributed by atoms with Crippen molar-refractivity contribution in [2.45, 2.75) is 71.8 Å². The number of carbonyl (C=O) groups excluding carboxylic acids is 2. The number of allylic oxidation sites excluding steroid dienone is 5. The number of rotatable bonds is 1. The molecule has 0 aromatic carbocycles. The Balaban J connectivity index is 2.34. The molecule has 0 radical (unpaired) electrons. The van der Waals surface area contributed by atoms with E-state index in [1.807, 2.05) is 6.08 Å². The summed E-state index contributed by atoms with van der Waals surface area (Å²) in [6.07, 6.45) is 10.2. The van der Waals surface area contributed by atoms with Gasteiger partial charge in [-0.1, -0.05) is 43.2 Å². The zero-order valence-corrected chi connectivity index (χ0v) is 14.8. The second-order valence-corrected chi connectivity index (χ2v) is 7.22. The van der Waals surface area contributed by atoms with E-state index in [1.165, 1.54) is 11.1 Å². The lowest BCUT2D eigenvalue weighted by atomic mass is 9.90. The maximum absolute atomic E-state index is 12.6. The molecule has 0 amide bonds. The summed E-state index contributed by atoms with van der Waals surface area (Å²) >= 11 is 0. The molecular formula is C20H28O3. The van der Waals surface area contributed by atoms with Gasteiger partial charge in [0.1, 0.15) is 0 Å². The predicted octanol–water partition coefficient (Wildman–Crippen LogP) is 4.68. The van der Waals surface area contributed by atoms with Crippen LogP contribution in [-0.4, -0.2) is 17.4 Å². The fourth-order valence-electron chi connectivity index (χ4n) is 3.08. The number of hydrogen-bond donors (Lipinski definition) is 0. The number of fused-ring (bicyclic) bond motifs is 3. The Bertz CT molecular complexity index is 578. The van der Waals surface area contributed by atoms with Gasteiger partial charge in [0.2, 0.25) is 0 Å². The van der Waals surface area contributed by atoms with Gasteiger partial charge < -0.3 is 4.74 Å². The molecule has 0 N–H and O–H groups in total. The van der Waals surface area contributed by atoms with Gasteiger partial charge in [-0.2, -0.15) is 0 Å². The monoisotopic (exact) mass is 316 g/mol. The molecule has 2 rings (SSSR count). The summed E-state index contributed by atoms with van der Waals surface area (Å²) in [5.74, 6) is 0.157. The highest BCUT2D eigenvalue weighted by Crippen LogP contribution is 2.30. The number of carbonyl (C=O) groups is 2. The molecule has 3 heteroatoms. The summed E-state index contributed by atoms with van der Waals surface area (Å²) in [5.41, 5.74) is 2.26. The van der Waals surface area contributed by atoms with Crippen LogP contribution in [0.1, 0.15) is 66.2 Å². The summed E-state index contributed by atoms with van der Waals surface area (Å²) in [5, 5.41) is 0.